The van der Waals surface area contributed by atoms with E-state index in [1.165, 1.54) is 0 Å². The molecule has 2 heterocycles. The van der Waals surface area contributed by atoms with Crippen molar-refractivity contribution in [1.82, 2.24) is 9.88 Å². The Kier molecular flexibility index (Phi) is 4.15. The van der Waals surface area contributed by atoms with Gasteiger partial charge in [0.05, 0.1) is 6.10 Å². The van der Waals surface area contributed by atoms with Gasteiger partial charge in [-0.25, -0.2) is 0 Å². The van der Waals surface area contributed by atoms with Gasteiger partial charge in [0.15, 0.2) is 0 Å². The SMILES string of the molecule is O=C(c1cc2ccccc2cn1)N1CC[C@@H](O)[C@@](CC2CC2)(C(=O)O)C1. The van der Waals surface area contributed by atoms with Crippen LogP contribution in [0.15, 0.2) is 36.5 Å². The van der Waals surface area contributed by atoms with E-state index in [4.69, 9.17) is 0 Å². The lowest BCUT2D eigenvalue weighted by Gasteiger charge is -2.43. The molecule has 0 unspecified atom stereocenters. The van der Waals surface area contributed by atoms with Gasteiger partial charge in [0.25, 0.3) is 5.91 Å². The molecular weight excluding hydrogens is 332 g/mol. The van der Waals surface area contributed by atoms with Gasteiger partial charge in [0.2, 0.25) is 0 Å². The second-order valence-corrected chi connectivity index (χ2v) is 7.56. The van der Waals surface area contributed by atoms with E-state index in [0.717, 1.165) is 23.6 Å². The quantitative estimate of drug-likeness (QED) is 0.879. The summed E-state index contributed by atoms with van der Waals surface area (Å²) in [5.41, 5.74) is -0.961. The van der Waals surface area contributed by atoms with Crippen LogP contribution in [0.1, 0.15) is 36.2 Å². The Hall–Kier alpha value is -2.47. The number of aliphatic hydroxyl groups is 1. The van der Waals surface area contributed by atoms with Crippen LogP contribution in [-0.4, -0.2) is 51.2 Å². The average Bonchev–Trinajstić information content (AvgIpc) is 3.46. The molecule has 0 radical (unpaired) electrons. The van der Waals surface area contributed by atoms with Gasteiger partial charge < -0.3 is 15.1 Å². The standard InChI is InChI=1S/C20H22N2O4/c23-17-7-8-22(12-20(17,19(25)26)10-13-5-6-13)18(24)16-9-14-3-1-2-4-15(14)11-21-16/h1-4,9,11,13,17,23H,5-8,10,12H2,(H,25,26)/t17-,20+/m1/s1. The van der Waals surface area contributed by atoms with Crippen LogP contribution in [0.25, 0.3) is 10.8 Å². The topological polar surface area (TPSA) is 90.7 Å². The highest BCUT2D eigenvalue weighted by Gasteiger charge is 2.52. The monoisotopic (exact) mass is 354 g/mol. The second kappa shape index (κ2) is 6.36. The van der Waals surface area contributed by atoms with Crippen molar-refractivity contribution in [3.63, 3.8) is 0 Å². The molecule has 26 heavy (non-hydrogen) atoms. The van der Waals surface area contributed by atoms with E-state index in [0.29, 0.717) is 24.6 Å². The van der Waals surface area contributed by atoms with Crippen LogP contribution in [0.5, 0.6) is 0 Å². The van der Waals surface area contributed by atoms with Crippen LogP contribution in [0.3, 0.4) is 0 Å². The summed E-state index contributed by atoms with van der Waals surface area (Å²) in [5.74, 6) is -0.945. The van der Waals surface area contributed by atoms with Gasteiger partial charge >= 0.3 is 5.97 Å². The van der Waals surface area contributed by atoms with Crippen LogP contribution in [0, 0.1) is 11.3 Å². The number of carboxylic acids is 1. The van der Waals surface area contributed by atoms with Crippen LogP contribution in [-0.2, 0) is 4.79 Å². The number of aromatic nitrogens is 1. The number of amides is 1. The minimum Gasteiger partial charge on any atom is -0.481 e. The van der Waals surface area contributed by atoms with Crippen molar-refractivity contribution in [1.29, 1.82) is 0 Å². The Balaban J connectivity index is 1.61. The maximum atomic E-state index is 13.0. The molecule has 2 N–H and O–H groups in total. The lowest BCUT2D eigenvalue weighted by Crippen LogP contribution is -2.57. The van der Waals surface area contributed by atoms with Gasteiger partial charge in [-0.3, -0.25) is 14.6 Å². The number of fused-ring (bicyclic) bond motifs is 1. The summed E-state index contributed by atoms with van der Waals surface area (Å²) in [5, 5.41) is 22.1. The normalized spacial score (nSPS) is 26.0. The number of carbonyl (C=O) groups is 2. The van der Waals surface area contributed by atoms with Gasteiger partial charge in [0, 0.05) is 24.7 Å². The van der Waals surface area contributed by atoms with Crippen LogP contribution in [0.2, 0.25) is 0 Å². The molecule has 2 aromatic rings. The summed E-state index contributed by atoms with van der Waals surface area (Å²) >= 11 is 0. The minimum atomic E-state index is -1.27. The van der Waals surface area contributed by atoms with Gasteiger partial charge in [-0.05, 0) is 30.2 Å². The molecule has 1 aliphatic carbocycles. The molecule has 1 saturated carbocycles. The van der Waals surface area contributed by atoms with Crippen molar-refractivity contribution in [2.45, 2.75) is 31.8 Å². The first-order valence-corrected chi connectivity index (χ1v) is 9.05. The molecule has 0 spiro atoms. The molecule has 1 amide bonds. The molecule has 2 fully saturated rings. The number of piperidine rings is 1. The number of aliphatic carboxylic acids is 1. The predicted molar refractivity (Wildman–Crippen MR) is 95.7 cm³/mol. The molecule has 136 valence electrons. The van der Waals surface area contributed by atoms with Crippen molar-refractivity contribution >= 4 is 22.6 Å². The Bertz CT molecular complexity index is 864. The van der Waals surface area contributed by atoms with Crippen molar-refractivity contribution in [3.05, 3.63) is 42.2 Å². The molecule has 2 aliphatic rings. The smallest absolute Gasteiger partial charge is 0.314 e. The van der Waals surface area contributed by atoms with E-state index < -0.39 is 17.5 Å². The van der Waals surface area contributed by atoms with E-state index >= 15 is 0 Å². The zero-order valence-electron chi connectivity index (χ0n) is 14.5. The van der Waals surface area contributed by atoms with Crippen molar-refractivity contribution in [2.75, 3.05) is 13.1 Å². The number of hydrogen-bond acceptors (Lipinski definition) is 4. The first-order valence-electron chi connectivity index (χ1n) is 9.05. The molecule has 6 nitrogen and oxygen atoms in total. The number of likely N-dealkylation sites (tertiary alicyclic amines) is 1. The third-order valence-electron chi connectivity index (χ3n) is 5.70. The van der Waals surface area contributed by atoms with Crippen LogP contribution < -0.4 is 0 Å². The van der Waals surface area contributed by atoms with Crippen molar-refractivity contribution < 1.29 is 19.8 Å². The third kappa shape index (κ3) is 2.94. The molecule has 6 heteroatoms. The highest BCUT2D eigenvalue weighted by molar-refractivity contribution is 5.96. The number of carboxylic acid groups (broad SMARTS) is 1. The Morgan fingerprint density at radius 2 is 1.92 bits per heavy atom. The molecular formula is C20H22N2O4. The number of nitrogens with zero attached hydrogens (tertiary/aromatic N) is 2. The Morgan fingerprint density at radius 1 is 1.19 bits per heavy atom. The largest absolute Gasteiger partial charge is 0.481 e. The first kappa shape index (κ1) is 17.0. The van der Waals surface area contributed by atoms with Gasteiger partial charge in [0.1, 0.15) is 11.1 Å². The molecule has 4 rings (SSSR count). The van der Waals surface area contributed by atoms with E-state index in [1.54, 1.807) is 17.2 Å². The molecule has 0 bridgehead atoms. The van der Waals surface area contributed by atoms with Gasteiger partial charge in [-0.1, -0.05) is 37.1 Å². The third-order valence-corrected chi connectivity index (χ3v) is 5.70. The second-order valence-electron chi connectivity index (χ2n) is 7.56. The maximum absolute atomic E-state index is 13.0. The fourth-order valence-corrected chi connectivity index (χ4v) is 3.95. The fraction of sp³-hybridized carbons (Fsp3) is 0.450. The number of pyridine rings is 1. The first-order chi connectivity index (χ1) is 12.5. The van der Waals surface area contributed by atoms with E-state index in [9.17, 15) is 19.8 Å². The van der Waals surface area contributed by atoms with E-state index in [1.807, 2.05) is 24.3 Å². The van der Waals surface area contributed by atoms with Crippen molar-refractivity contribution in [3.8, 4) is 0 Å². The summed E-state index contributed by atoms with van der Waals surface area (Å²) < 4.78 is 0. The van der Waals surface area contributed by atoms with Gasteiger partial charge in [-0.15, -0.1) is 0 Å². The molecule has 1 saturated heterocycles. The predicted octanol–water partition coefficient (Wildman–Crippen LogP) is 2.31. The molecule has 2 atom stereocenters. The lowest BCUT2D eigenvalue weighted by molar-refractivity contribution is -0.163. The molecule has 1 aromatic carbocycles. The maximum Gasteiger partial charge on any atom is 0.314 e. The highest BCUT2D eigenvalue weighted by atomic mass is 16.4. The van der Waals surface area contributed by atoms with E-state index in [2.05, 4.69) is 4.98 Å². The molecule has 1 aliphatic heterocycles. The molecule has 1 aromatic heterocycles. The summed E-state index contributed by atoms with van der Waals surface area (Å²) in [7, 11) is 0. The summed E-state index contributed by atoms with van der Waals surface area (Å²) in [4.78, 5) is 30.8. The Morgan fingerprint density at radius 3 is 2.62 bits per heavy atom. The van der Waals surface area contributed by atoms with Crippen LogP contribution >= 0.6 is 0 Å². The van der Waals surface area contributed by atoms with Gasteiger partial charge in [-0.2, -0.15) is 0 Å². The zero-order chi connectivity index (χ0) is 18.3. The highest BCUT2D eigenvalue weighted by Crippen LogP contribution is 2.45. The van der Waals surface area contributed by atoms with Crippen molar-refractivity contribution in [2.24, 2.45) is 11.3 Å². The Labute approximate surface area is 151 Å². The number of hydrogen-bond donors (Lipinski definition) is 2. The number of carbonyl (C=O) groups excluding carboxylic acids is 1. The minimum absolute atomic E-state index is 0.0351. The number of aliphatic hydroxyl groups excluding tert-OH is 1. The lowest BCUT2D eigenvalue weighted by atomic mass is 9.73. The summed E-state index contributed by atoms with van der Waals surface area (Å²) in [6, 6.07) is 9.41. The fourth-order valence-electron chi connectivity index (χ4n) is 3.95. The summed E-state index contributed by atoms with van der Waals surface area (Å²) in [6.07, 6.45) is 3.45. The average molecular weight is 354 g/mol. The number of rotatable bonds is 4. The summed E-state index contributed by atoms with van der Waals surface area (Å²) in [6.45, 7) is 0.377. The number of benzene rings is 1. The van der Waals surface area contributed by atoms with E-state index in [-0.39, 0.29) is 18.9 Å². The zero-order valence-corrected chi connectivity index (χ0v) is 14.5. The van der Waals surface area contributed by atoms with Crippen LogP contribution in [0.4, 0.5) is 0 Å².